The fraction of sp³-hybridized carbons (Fsp3) is 0. The van der Waals surface area contributed by atoms with E-state index >= 15 is 0 Å². The topological polar surface area (TPSA) is 143 Å². The van der Waals surface area contributed by atoms with Gasteiger partial charge in [-0.1, -0.05) is 0 Å². The molecule has 6 nitrogen and oxygen atoms in total. The van der Waals surface area contributed by atoms with E-state index in [4.69, 9.17) is 71.0 Å². The first kappa shape index (κ1) is 86.9. The molecule has 0 spiro atoms. The average Bonchev–Trinajstić information content (AvgIpc) is 2.33. The molecule has 0 fully saturated rings. The molecule has 16 heavy (non-hydrogen) atoms. The molecular weight excluding hydrogens is 349 g/mol. The minimum atomic E-state index is 0. The summed E-state index contributed by atoms with van der Waals surface area (Å²) in [5.41, 5.74) is 0. The van der Waals surface area contributed by atoms with E-state index in [9.17, 15) is 0 Å². The van der Waals surface area contributed by atoms with Crippen LogP contribution < -0.4 is 0 Å². The molecule has 0 N–H and O–H groups in total. The van der Waals surface area contributed by atoms with Crippen LogP contribution in [0.2, 0.25) is 0 Å². The number of rotatable bonds is 0. The predicted octanol–water partition coefficient (Wildman–Crippen LogP) is -0.188. The van der Waals surface area contributed by atoms with Gasteiger partial charge in [-0.05, 0) is 0 Å². The van der Waals surface area contributed by atoms with Gasteiger partial charge in [0, 0.05) is 136 Å². The molecule has 0 aromatic heterocycles. The fourth-order valence-electron chi connectivity index (χ4n) is 0. The Morgan fingerprint density at radius 3 is 0.375 bits per heavy atom. The van der Waals surface area contributed by atoms with E-state index in [1.54, 1.807) is 0 Å². The average molecular weight is 349 g/mol. The van der Waals surface area contributed by atoms with Crippen LogP contribution in [-0.2, 0) is 33.6 Å². The molecule has 0 amide bonds. The van der Waals surface area contributed by atoms with Crippen LogP contribution in [-0.4, -0.2) is 103 Å². The first-order chi connectivity index (χ1) is 6.00. The van der Waals surface area contributed by atoms with Crippen LogP contribution in [0.1, 0.15) is 0 Å². The largest absolute Gasteiger partial charge is 0.512 e. The monoisotopic (exact) mass is 348 g/mol. The van der Waals surface area contributed by atoms with Crippen molar-refractivity contribution in [1.29, 1.82) is 31.6 Å². The summed E-state index contributed by atoms with van der Waals surface area (Å²) >= 11 is 0. The molecule has 0 heterocycles. The zero-order valence-electron chi connectivity index (χ0n) is 8.35. The smallest absolute Gasteiger partial charge is 0 e. The predicted molar refractivity (Wildman–Crippen MR) is 41.3 cm³/mol. The van der Waals surface area contributed by atoms with Gasteiger partial charge in [-0.2, -0.15) is 0 Å². The summed E-state index contributed by atoms with van der Waals surface area (Å²) in [7, 11) is 0. The molecule has 0 saturated heterocycles. The minimum absolute atomic E-state index is 0. The molecule has 0 atom stereocenters. The van der Waals surface area contributed by atoms with Crippen molar-refractivity contribution in [3.63, 3.8) is 0 Å². The summed E-state index contributed by atoms with van der Waals surface area (Å²) < 4.78 is 0. The van der Waals surface area contributed by atoms with Crippen molar-refractivity contribution in [2.45, 2.75) is 0 Å². The summed E-state index contributed by atoms with van der Waals surface area (Å²) in [6.07, 6.45) is 0. The van der Waals surface area contributed by atoms with Crippen LogP contribution in [0.4, 0.5) is 0 Å². The Bertz CT molecular complexity index is 106. The normalized spacial score (nSPS) is 0.750. The van der Waals surface area contributed by atoms with Crippen molar-refractivity contribution in [1.82, 2.24) is 0 Å². The second kappa shape index (κ2) is 2500. The van der Waals surface area contributed by atoms with E-state index in [2.05, 4.69) is 0 Å². The van der Waals surface area contributed by atoms with Gasteiger partial charge in [0.15, 0.2) is 0 Å². The molecule has 0 aliphatic carbocycles. The summed E-state index contributed by atoms with van der Waals surface area (Å²) in [5.74, 6) is 0. The number of hydrogen-bond acceptors (Lipinski definition) is 6. The Kier molecular flexibility index (Phi) is 13600. The van der Waals surface area contributed by atoms with E-state index in [0.29, 0.717) is 0 Å². The second-order valence-electron chi connectivity index (χ2n) is 0. The van der Waals surface area contributed by atoms with Crippen molar-refractivity contribution >= 4 is 103 Å². The third-order valence-corrected chi connectivity index (χ3v) is 0. The fourth-order valence-corrected chi connectivity index (χ4v) is 0. The van der Waals surface area contributed by atoms with Gasteiger partial charge in [0.1, 0.15) is 0 Å². The van der Waals surface area contributed by atoms with E-state index in [0.717, 1.165) is 0 Å². The quantitative estimate of drug-likeness (QED) is 0.438. The van der Waals surface area contributed by atoms with Gasteiger partial charge in [-0.15, -0.1) is 0 Å². The Balaban J connectivity index is -0.00000000321. The SMILES string of the molecule is [C-]#N.[C-]#N.[C-]#N.[C-]#N.[C-]#N.[C-]#N.[Fe].[K].[K].[Ni]. The molecule has 2 radical (unpaired) electrons. The van der Waals surface area contributed by atoms with Crippen molar-refractivity contribution in [2.24, 2.45) is 0 Å². The zero-order valence-corrected chi connectivity index (χ0v) is 16.7. The van der Waals surface area contributed by atoms with Gasteiger partial charge in [-0.3, -0.25) is 0 Å². The standard InChI is InChI=1S/6CN.Fe.2K.Ni/c6*1-2;;;;/q6*-1;;;;. The van der Waals surface area contributed by atoms with E-state index in [1.165, 1.54) is 0 Å². The van der Waals surface area contributed by atoms with Crippen LogP contribution >= 0.6 is 0 Å². The molecule has 0 aromatic carbocycles. The number of nitrogens with zero attached hydrogens (tertiary/aromatic N) is 6. The van der Waals surface area contributed by atoms with Gasteiger partial charge >= 0.3 is 0 Å². The third-order valence-electron chi connectivity index (χ3n) is 0. The van der Waals surface area contributed by atoms with Crippen molar-refractivity contribution in [2.75, 3.05) is 0 Å². The first-order valence-corrected chi connectivity index (χ1v) is 1.34. The Morgan fingerprint density at radius 1 is 0.375 bits per heavy atom. The molecule has 0 saturated carbocycles. The van der Waals surface area contributed by atoms with Crippen LogP contribution in [0, 0.1) is 71.0 Å². The van der Waals surface area contributed by atoms with Gasteiger partial charge < -0.3 is 71.0 Å². The van der Waals surface area contributed by atoms with E-state index in [1.807, 2.05) is 0 Å². The molecule has 0 aliphatic heterocycles. The molecule has 0 rings (SSSR count). The molecule has 10 heteroatoms. The molecular formula is C6FeK2N6Ni-6. The Morgan fingerprint density at radius 2 is 0.375 bits per heavy atom. The van der Waals surface area contributed by atoms with Crippen molar-refractivity contribution < 1.29 is 33.6 Å². The summed E-state index contributed by atoms with van der Waals surface area (Å²) in [6, 6.07) is 0. The molecule has 0 aromatic rings. The van der Waals surface area contributed by atoms with Crippen LogP contribution in [0.5, 0.6) is 0 Å². The van der Waals surface area contributed by atoms with Gasteiger partial charge in [0.2, 0.25) is 0 Å². The Hall–Kier alpha value is 1.23. The van der Waals surface area contributed by atoms with Gasteiger partial charge in [0.05, 0.1) is 0 Å². The van der Waals surface area contributed by atoms with Crippen molar-refractivity contribution in [3.05, 3.63) is 39.4 Å². The zero-order chi connectivity index (χ0) is 12.0. The Labute approximate surface area is 202 Å². The molecule has 0 unspecified atom stereocenters. The maximum absolute atomic E-state index is 6.25. The third kappa shape index (κ3) is 2050. The summed E-state index contributed by atoms with van der Waals surface area (Å²) in [6.45, 7) is 28.5. The maximum atomic E-state index is 6.25. The number of hydrogen-bond donors (Lipinski definition) is 0. The summed E-state index contributed by atoms with van der Waals surface area (Å²) in [4.78, 5) is 0. The molecule has 80 valence electrons. The minimum Gasteiger partial charge on any atom is -0.512 e. The summed E-state index contributed by atoms with van der Waals surface area (Å²) in [5, 5.41) is 37.5. The first-order valence-electron chi connectivity index (χ1n) is 1.34. The van der Waals surface area contributed by atoms with Gasteiger partial charge in [-0.25, -0.2) is 0 Å². The van der Waals surface area contributed by atoms with Crippen molar-refractivity contribution in [3.8, 4) is 0 Å². The van der Waals surface area contributed by atoms with E-state index < -0.39 is 0 Å². The van der Waals surface area contributed by atoms with Gasteiger partial charge in [0.25, 0.3) is 0 Å². The molecule has 0 bridgehead atoms. The second-order valence-corrected chi connectivity index (χ2v) is 0. The molecule has 0 aliphatic rings. The van der Waals surface area contributed by atoms with Crippen LogP contribution in [0.15, 0.2) is 0 Å². The van der Waals surface area contributed by atoms with Crippen LogP contribution in [0.3, 0.4) is 0 Å². The van der Waals surface area contributed by atoms with Crippen LogP contribution in [0.25, 0.3) is 0 Å². The van der Waals surface area contributed by atoms with E-state index in [-0.39, 0.29) is 136 Å². The maximum Gasteiger partial charge on any atom is 0 e.